The number of imidazole rings is 1. The normalized spacial score (nSPS) is 10.7. The van der Waals surface area contributed by atoms with Crippen LogP contribution in [0.1, 0.15) is 24.3 Å². The summed E-state index contributed by atoms with van der Waals surface area (Å²) in [5.41, 5.74) is 0.943. The quantitative estimate of drug-likeness (QED) is 0.809. The smallest absolute Gasteiger partial charge is 0.317 e. The zero-order valence-corrected chi connectivity index (χ0v) is 14.0. The van der Waals surface area contributed by atoms with Crippen LogP contribution < -0.4 is 5.32 Å². The van der Waals surface area contributed by atoms with Gasteiger partial charge in [0.25, 0.3) is 0 Å². The van der Waals surface area contributed by atoms with E-state index in [0.717, 1.165) is 10.9 Å². The second-order valence-corrected chi connectivity index (χ2v) is 5.54. The van der Waals surface area contributed by atoms with Gasteiger partial charge in [-0.15, -0.1) is 0 Å². The molecular weight excluding hydrogens is 304 g/mol. The molecule has 0 saturated heterocycles. The summed E-state index contributed by atoms with van der Waals surface area (Å²) in [5, 5.41) is 7.59. The maximum Gasteiger partial charge on any atom is 0.317 e. The van der Waals surface area contributed by atoms with Crippen molar-refractivity contribution in [3.05, 3.63) is 23.6 Å². The van der Waals surface area contributed by atoms with Crippen LogP contribution in [0.5, 0.6) is 0 Å². The van der Waals surface area contributed by atoms with Gasteiger partial charge in [-0.25, -0.2) is 9.78 Å². The van der Waals surface area contributed by atoms with E-state index in [1.165, 1.54) is 4.90 Å². The molecule has 1 N–H and O–H groups in total. The summed E-state index contributed by atoms with van der Waals surface area (Å²) >= 11 is 1.56. The van der Waals surface area contributed by atoms with Crippen molar-refractivity contribution in [3.63, 3.8) is 0 Å². The molecule has 120 valence electrons. The number of carbonyl (C=O) groups is 1. The Morgan fingerprint density at radius 3 is 2.91 bits per heavy atom. The van der Waals surface area contributed by atoms with E-state index in [1.807, 2.05) is 24.8 Å². The van der Waals surface area contributed by atoms with E-state index in [0.29, 0.717) is 31.2 Å². The van der Waals surface area contributed by atoms with E-state index in [9.17, 15) is 4.79 Å². The van der Waals surface area contributed by atoms with Crippen LogP contribution in [0.2, 0.25) is 0 Å². The lowest BCUT2D eigenvalue weighted by Gasteiger charge is -2.16. The van der Waals surface area contributed by atoms with Crippen LogP contribution in [-0.2, 0) is 26.6 Å². The highest BCUT2D eigenvalue weighted by molar-refractivity contribution is 7.98. The molecule has 0 aliphatic heterocycles. The lowest BCUT2D eigenvalue weighted by Crippen LogP contribution is -2.37. The van der Waals surface area contributed by atoms with Crippen molar-refractivity contribution in [1.29, 1.82) is 0 Å². The number of carbonyl (C=O) groups excluding carboxylic acids is 1. The van der Waals surface area contributed by atoms with Gasteiger partial charge in [-0.05, 0) is 6.26 Å². The van der Waals surface area contributed by atoms with Gasteiger partial charge in [0.2, 0.25) is 5.89 Å². The molecule has 0 saturated carbocycles. The van der Waals surface area contributed by atoms with Crippen molar-refractivity contribution in [2.24, 2.45) is 7.05 Å². The summed E-state index contributed by atoms with van der Waals surface area (Å²) < 4.78 is 6.98. The van der Waals surface area contributed by atoms with E-state index in [-0.39, 0.29) is 6.03 Å². The van der Waals surface area contributed by atoms with Crippen LogP contribution in [0, 0.1) is 0 Å². The number of thioether (sulfide) groups is 1. The van der Waals surface area contributed by atoms with Gasteiger partial charge in [-0.2, -0.15) is 4.98 Å². The van der Waals surface area contributed by atoms with E-state index >= 15 is 0 Å². The van der Waals surface area contributed by atoms with Crippen LogP contribution in [0.25, 0.3) is 0 Å². The van der Waals surface area contributed by atoms with Crippen molar-refractivity contribution in [2.75, 3.05) is 13.3 Å². The standard InChI is InChI=1S/C13H20N6O2S/c1-5-11-16-10(17-21-11)8-18(2)12(20)14-6-9-7-15-13(22-4)19(9)3/h7H,5-6,8H2,1-4H3,(H,14,20). The summed E-state index contributed by atoms with van der Waals surface area (Å²) in [6.07, 6.45) is 4.41. The van der Waals surface area contributed by atoms with Gasteiger partial charge in [0, 0.05) is 20.5 Å². The number of rotatable bonds is 6. The van der Waals surface area contributed by atoms with Crippen molar-refractivity contribution in [1.82, 2.24) is 29.9 Å². The number of nitrogens with zero attached hydrogens (tertiary/aromatic N) is 5. The summed E-state index contributed by atoms with van der Waals surface area (Å²) in [5.74, 6) is 1.07. The average molecular weight is 324 g/mol. The average Bonchev–Trinajstić information content (AvgIpc) is 3.11. The number of amides is 2. The molecule has 2 aromatic rings. The van der Waals surface area contributed by atoms with E-state index < -0.39 is 0 Å². The predicted octanol–water partition coefficient (Wildman–Crippen LogP) is 1.43. The Kier molecular flexibility index (Phi) is 5.42. The molecule has 0 aromatic carbocycles. The number of nitrogens with one attached hydrogen (secondary N) is 1. The van der Waals surface area contributed by atoms with Gasteiger partial charge in [0.1, 0.15) is 0 Å². The Hall–Kier alpha value is -2.03. The van der Waals surface area contributed by atoms with Gasteiger partial charge >= 0.3 is 6.03 Å². The Labute approximate surface area is 133 Å². The van der Waals surface area contributed by atoms with Crippen molar-refractivity contribution >= 4 is 17.8 Å². The molecule has 0 atom stereocenters. The Morgan fingerprint density at radius 1 is 1.55 bits per heavy atom. The SMILES string of the molecule is CCc1nc(CN(C)C(=O)NCc2cnc(SC)n2C)no1. The third-order valence-electron chi connectivity index (χ3n) is 3.18. The molecular formula is C13H20N6O2S. The van der Waals surface area contributed by atoms with E-state index in [4.69, 9.17) is 4.52 Å². The van der Waals surface area contributed by atoms with Crippen molar-refractivity contribution in [2.45, 2.75) is 31.6 Å². The molecule has 2 rings (SSSR count). The fourth-order valence-electron chi connectivity index (χ4n) is 1.86. The van der Waals surface area contributed by atoms with Gasteiger partial charge in [0.05, 0.1) is 25.0 Å². The highest BCUT2D eigenvalue weighted by Crippen LogP contribution is 2.13. The lowest BCUT2D eigenvalue weighted by atomic mass is 10.4. The van der Waals surface area contributed by atoms with Gasteiger partial charge < -0.3 is 19.3 Å². The molecule has 0 aliphatic carbocycles. The van der Waals surface area contributed by atoms with Gasteiger partial charge in [0.15, 0.2) is 11.0 Å². The first-order valence-corrected chi connectivity index (χ1v) is 8.12. The summed E-state index contributed by atoms with van der Waals surface area (Å²) in [6, 6.07) is -0.199. The number of hydrogen-bond acceptors (Lipinski definition) is 6. The second-order valence-electron chi connectivity index (χ2n) is 4.77. The molecule has 0 bridgehead atoms. The molecule has 22 heavy (non-hydrogen) atoms. The predicted molar refractivity (Wildman–Crippen MR) is 82.4 cm³/mol. The number of aromatic nitrogens is 4. The van der Waals surface area contributed by atoms with Crippen LogP contribution >= 0.6 is 11.8 Å². The molecule has 0 fully saturated rings. The summed E-state index contributed by atoms with van der Waals surface area (Å²) in [4.78, 5) is 22.0. The highest BCUT2D eigenvalue weighted by Gasteiger charge is 2.14. The lowest BCUT2D eigenvalue weighted by molar-refractivity contribution is 0.204. The fraction of sp³-hybridized carbons (Fsp3) is 0.538. The number of urea groups is 1. The molecule has 0 spiro atoms. The molecule has 9 heteroatoms. The highest BCUT2D eigenvalue weighted by atomic mass is 32.2. The third-order valence-corrected chi connectivity index (χ3v) is 3.93. The molecule has 0 radical (unpaired) electrons. The first kappa shape index (κ1) is 16.3. The van der Waals surface area contributed by atoms with E-state index in [2.05, 4.69) is 20.4 Å². The van der Waals surface area contributed by atoms with Crippen molar-refractivity contribution < 1.29 is 9.32 Å². The van der Waals surface area contributed by atoms with Crippen LogP contribution in [-0.4, -0.2) is 43.9 Å². The monoisotopic (exact) mass is 324 g/mol. The zero-order valence-electron chi connectivity index (χ0n) is 13.2. The number of hydrogen-bond donors (Lipinski definition) is 1. The minimum Gasteiger partial charge on any atom is -0.339 e. The Bertz CT molecular complexity index is 638. The van der Waals surface area contributed by atoms with Crippen LogP contribution in [0.4, 0.5) is 4.79 Å². The Balaban J connectivity index is 1.87. The topological polar surface area (TPSA) is 89.1 Å². The van der Waals surface area contributed by atoms with Gasteiger partial charge in [-0.3, -0.25) is 0 Å². The van der Waals surface area contributed by atoms with Crippen molar-refractivity contribution in [3.8, 4) is 0 Å². The number of aryl methyl sites for hydroxylation is 1. The first-order chi connectivity index (χ1) is 10.5. The Morgan fingerprint density at radius 2 is 2.32 bits per heavy atom. The van der Waals surface area contributed by atoms with Crippen LogP contribution in [0.15, 0.2) is 15.9 Å². The second kappa shape index (κ2) is 7.30. The maximum atomic E-state index is 12.1. The van der Waals surface area contributed by atoms with Crippen LogP contribution in [0.3, 0.4) is 0 Å². The van der Waals surface area contributed by atoms with Gasteiger partial charge in [-0.1, -0.05) is 23.8 Å². The summed E-state index contributed by atoms with van der Waals surface area (Å²) in [6.45, 7) is 2.65. The molecule has 8 nitrogen and oxygen atoms in total. The largest absolute Gasteiger partial charge is 0.339 e. The first-order valence-electron chi connectivity index (χ1n) is 6.90. The summed E-state index contributed by atoms with van der Waals surface area (Å²) in [7, 11) is 3.61. The minimum atomic E-state index is -0.199. The molecule has 0 unspecified atom stereocenters. The molecule has 2 heterocycles. The fourth-order valence-corrected chi connectivity index (χ4v) is 2.41. The zero-order chi connectivity index (χ0) is 16.1. The maximum absolute atomic E-state index is 12.1. The van der Waals surface area contributed by atoms with E-state index in [1.54, 1.807) is 25.0 Å². The third kappa shape index (κ3) is 3.79. The molecule has 0 aliphatic rings. The molecule has 2 amide bonds. The molecule has 2 aromatic heterocycles. The minimum absolute atomic E-state index is 0.199.